The van der Waals surface area contributed by atoms with Gasteiger partial charge in [-0.15, -0.1) is 0 Å². The summed E-state index contributed by atoms with van der Waals surface area (Å²) < 4.78 is 0. The monoisotopic (exact) mass is 357 g/mol. The molecule has 0 aliphatic heterocycles. The van der Waals surface area contributed by atoms with Crippen molar-refractivity contribution in [1.82, 2.24) is 5.06 Å². The van der Waals surface area contributed by atoms with Gasteiger partial charge in [-0.1, -0.05) is 26.0 Å². The van der Waals surface area contributed by atoms with E-state index in [1.165, 1.54) is 10.6 Å². The van der Waals surface area contributed by atoms with E-state index in [9.17, 15) is 9.59 Å². The Morgan fingerprint density at radius 3 is 2.69 bits per heavy atom. The number of fused-ring (bicyclic) bond motifs is 5. The third-order valence-corrected chi connectivity index (χ3v) is 8.40. The van der Waals surface area contributed by atoms with E-state index >= 15 is 0 Å². The van der Waals surface area contributed by atoms with Gasteiger partial charge in [0.05, 0.1) is 7.11 Å². The highest BCUT2D eigenvalue weighted by molar-refractivity contribution is 5.92. The first-order valence-electron chi connectivity index (χ1n) is 10.1. The normalized spacial score (nSPS) is 44.0. The van der Waals surface area contributed by atoms with Gasteiger partial charge in [0.25, 0.3) is 0 Å². The molecule has 4 nitrogen and oxygen atoms in total. The zero-order chi connectivity index (χ0) is 18.7. The molecule has 0 heterocycles. The minimum atomic E-state index is 0.0530. The van der Waals surface area contributed by atoms with Gasteiger partial charge in [0, 0.05) is 19.4 Å². The molecule has 6 atom stereocenters. The smallest absolute Gasteiger partial charge is 0.249 e. The molecule has 0 spiro atoms. The number of rotatable bonds is 2. The van der Waals surface area contributed by atoms with Gasteiger partial charge in [0.15, 0.2) is 5.78 Å². The van der Waals surface area contributed by atoms with Gasteiger partial charge in [-0.3, -0.25) is 14.4 Å². The third kappa shape index (κ3) is 2.37. The summed E-state index contributed by atoms with van der Waals surface area (Å²) in [5, 5.41) is 1.41. The number of ketones is 1. The van der Waals surface area contributed by atoms with Crippen LogP contribution < -0.4 is 0 Å². The molecule has 0 N–H and O–H groups in total. The molecule has 0 aromatic heterocycles. The molecule has 2 fully saturated rings. The van der Waals surface area contributed by atoms with Crippen molar-refractivity contribution in [1.29, 1.82) is 0 Å². The number of allylic oxidation sites excluding steroid dienone is 4. The van der Waals surface area contributed by atoms with Crippen molar-refractivity contribution in [2.75, 3.05) is 14.2 Å². The predicted octanol–water partition coefficient (Wildman–Crippen LogP) is 3.93. The molecule has 0 unspecified atom stereocenters. The molecule has 0 radical (unpaired) electrons. The second-order valence-corrected chi connectivity index (χ2v) is 9.33. The van der Waals surface area contributed by atoms with E-state index in [-0.39, 0.29) is 28.4 Å². The lowest BCUT2D eigenvalue weighted by Gasteiger charge is -2.55. The predicted molar refractivity (Wildman–Crippen MR) is 99.9 cm³/mol. The van der Waals surface area contributed by atoms with E-state index in [0.717, 1.165) is 32.1 Å². The number of nitrogens with zero attached hydrogens (tertiary/aromatic N) is 1. The van der Waals surface area contributed by atoms with Crippen molar-refractivity contribution in [3.8, 4) is 0 Å². The summed E-state index contributed by atoms with van der Waals surface area (Å²) in [7, 11) is 3.29. The summed E-state index contributed by atoms with van der Waals surface area (Å²) in [6, 6.07) is 0. The summed E-state index contributed by atoms with van der Waals surface area (Å²) in [5.74, 6) is 2.13. The van der Waals surface area contributed by atoms with Crippen LogP contribution in [-0.2, 0) is 14.4 Å². The Balaban J connectivity index is 1.66. The Morgan fingerprint density at radius 1 is 1.19 bits per heavy atom. The standard InChI is InChI=1S/C22H31NO3/c1-21-11-9-15(24)13-14(21)5-6-16-17-7-8-19(20(25)23(3)26-4)22(17,2)12-10-18(16)21/h5-6,13,16-19H,7-12H2,1-4H3/t16-,17-,18+,19+,21+,22-/m0/s1. The molecule has 0 saturated heterocycles. The summed E-state index contributed by atoms with van der Waals surface area (Å²) in [6.45, 7) is 4.70. The molecule has 4 heteroatoms. The van der Waals surface area contributed by atoms with Gasteiger partial charge >= 0.3 is 0 Å². The lowest BCUT2D eigenvalue weighted by atomic mass is 9.48. The largest absolute Gasteiger partial charge is 0.295 e. The zero-order valence-electron chi connectivity index (χ0n) is 16.5. The van der Waals surface area contributed by atoms with Crippen molar-refractivity contribution < 1.29 is 14.4 Å². The highest BCUT2D eigenvalue weighted by Gasteiger charge is 2.59. The second kappa shape index (κ2) is 6.05. The topological polar surface area (TPSA) is 46.6 Å². The maximum Gasteiger partial charge on any atom is 0.249 e. The van der Waals surface area contributed by atoms with E-state index in [1.807, 2.05) is 6.08 Å². The first-order valence-corrected chi connectivity index (χ1v) is 10.1. The fourth-order valence-electron chi connectivity index (χ4n) is 6.71. The molecule has 26 heavy (non-hydrogen) atoms. The van der Waals surface area contributed by atoms with Crippen molar-refractivity contribution in [3.05, 3.63) is 23.8 Å². The summed E-state index contributed by atoms with van der Waals surface area (Å²) in [5.41, 5.74) is 1.42. The molecule has 4 aliphatic rings. The number of amides is 1. The molecule has 142 valence electrons. The zero-order valence-corrected chi connectivity index (χ0v) is 16.5. The SMILES string of the molecule is CON(C)C(=O)[C@H]1CC[C@H]2[C@@H]3C=CC4=CC(=O)CC[C@@]4(C)[C@@H]3CC[C@]12C. The van der Waals surface area contributed by atoms with Crippen molar-refractivity contribution in [3.63, 3.8) is 0 Å². The summed E-state index contributed by atoms with van der Waals surface area (Å²) >= 11 is 0. The minimum Gasteiger partial charge on any atom is -0.295 e. The van der Waals surface area contributed by atoms with Gasteiger partial charge in [0.1, 0.15) is 0 Å². The van der Waals surface area contributed by atoms with Crippen LogP contribution in [-0.4, -0.2) is 30.9 Å². The van der Waals surface area contributed by atoms with Gasteiger partial charge in [-0.2, -0.15) is 0 Å². The van der Waals surface area contributed by atoms with Crippen LogP contribution >= 0.6 is 0 Å². The van der Waals surface area contributed by atoms with Crippen LogP contribution in [0.4, 0.5) is 0 Å². The highest BCUT2D eigenvalue weighted by Crippen LogP contribution is 2.65. The first kappa shape index (κ1) is 18.0. The van der Waals surface area contributed by atoms with Gasteiger partial charge < -0.3 is 0 Å². The summed E-state index contributed by atoms with van der Waals surface area (Å²) in [6.07, 6.45) is 12.4. The molecular weight excluding hydrogens is 326 g/mol. The van der Waals surface area contributed by atoms with Gasteiger partial charge in [-0.25, -0.2) is 5.06 Å². The number of hydrogen-bond donors (Lipinski definition) is 0. The van der Waals surface area contributed by atoms with Gasteiger partial charge in [-0.05, 0) is 72.3 Å². The molecule has 0 bridgehead atoms. The average Bonchev–Trinajstić information content (AvgIpc) is 2.98. The van der Waals surface area contributed by atoms with Crippen LogP contribution in [0.25, 0.3) is 0 Å². The Hall–Kier alpha value is -1.42. The average molecular weight is 357 g/mol. The maximum absolute atomic E-state index is 12.9. The van der Waals surface area contributed by atoms with Crippen molar-refractivity contribution in [2.45, 2.75) is 52.4 Å². The number of carbonyl (C=O) groups is 2. The van der Waals surface area contributed by atoms with Gasteiger partial charge in [0.2, 0.25) is 5.91 Å². The fourth-order valence-corrected chi connectivity index (χ4v) is 6.71. The Labute approximate surface area is 156 Å². The van der Waals surface area contributed by atoms with E-state index in [2.05, 4.69) is 26.0 Å². The maximum atomic E-state index is 12.9. The van der Waals surface area contributed by atoms with Crippen molar-refractivity contribution >= 4 is 11.7 Å². The fraction of sp³-hybridized carbons (Fsp3) is 0.727. The van der Waals surface area contributed by atoms with E-state index in [1.54, 1.807) is 14.2 Å². The number of hydroxylamine groups is 2. The Bertz CT molecular complexity index is 696. The van der Waals surface area contributed by atoms with Crippen molar-refractivity contribution in [2.24, 2.45) is 34.5 Å². The highest BCUT2D eigenvalue weighted by atomic mass is 16.7. The molecule has 0 aromatic carbocycles. The van der Waals surface area contributed by atoms with E-state index < -0.39 is 0 Å². The first-order chi connectivity index (χ1) is 12.3. The molecule has 4 aliphatic carbocycles. The third-order valence-electron chi connectivity index (χ3n) is 8.40. The number of hydrogen-bond acceptors (Lipinski definition) is 3. The molecule has 1 amide bonds. The van der Waals surface area contributed by atoms with Crippen LogP contribution in [0, 0.1) is 34.5 Å². The molecule has 2 saturated carbocycles. The van der Waals surface area contributed by atoms with Crippen LogP contribution in [0.2, 0.25) is 0 Å². The van der Waals surface area contributed by atoms with E-state index in [4.69, 9.17) is 4.84 Å². The second-order valence-electron chi connectivity index (χ2n) is 9.33. The Kier molecular flexibility index (Phi) is 4.18. The lowest BCUT2D eigenvalue weighted by Crippen LogP contribution is -2.50. The Morgan fingerprint density at radius 2 is 1.96 bits per heavy atom. The van der Waals surface area contributed by atoms with Crippen LogP contribution in [0.15, 0.2) is 23.8 Å². The molecular formula is C22H31NO3. The minimum absolute atomic E-state index is 0.0530. The van der Waals surface area contributed by atoms with E-state index in [0.29, 0.717) is 24.2 Å². The lowest BCUT2D eigenvalue weighted by molar-refractivity contribution is -0.179. The molecule has 4 rings (SSSR count). The number of carbonyl (C=O) groups excluding carboxylic acids is 2. The van der Waals surface area contributed by atoms with Crippen LogP contribution in [0.5, 0.6) is 0 Å². The van der Waals surface area contributed by atoms with Crippen LogP contribution in [0.1, 0.15) is 52.4 Å². The van der Waals surface area contributed by atoms with Crippen LogP contribution in [0.3, 0.4) is 0 Å². The quantitative estimate of drug-likeness (QED) is 0.704. The molecule has 0 aromatic rings. The summed E-state index contributed by atoms with van der Waals surface area (Å²) in [4.78, 5) is 29.9.